The largest absolute Gasteiger partial charge is 0.497 e. The normalized spacial score (nSPS) is 12.5. The van der Waals surface area contributed by atoms with Crippen LogP contribution in [-0.2, 0) is 17.1 Å². The Bertz CT molecular complexity index is 1140. The van der Waals surface area contributed by atoms with Gasteiger partial charge in [-0.25, -0.2) is 18.1 Å². The Kier molecular flexibility index (Phi) is 6.77. The fraction of sp³-hybridized carbons (Fsp3) is 0.273. The summed E-state index contributed by atoms with van der Waals surface area (Å²) < 4.78 is 34.2. The van der Waals surface area contributed by atoms with Gasteiger partial charge in [0.25, 0.3) is 5.91 Å². The van der Waals surface area contributed by atoms with Crippen LogP contribution in [0.4, 0.5) is 0 Å². The Morgan fingerprint density at radius 1 is 1.06 bits per heavy atom. The molecule has 3 aromatic rings. The van der Waals surface area contributed by atoms with Crippen LogP contribution in [0.1, 0.15) is 41.6 Å². The van der Waals surface area contributed by atoms with Crippen LogP contribution < -0.4 is 14.8 Å². The van der Waals surface area contributed by atoms with Crippen molar-refractivity contribution < 1.29 is 17.9 Å². The number of imidazole rings is 1. The summed E-state index contributed by atoms with van der Waals surface area (Å²) in [5.41, 5.74) is 1.18. The Labute approximate surface area is 182 Å². The van der Waals surface area contributed by atoms with Gasteiger partial charge in [-0.2, -0.15) is 0 Å². The van der Waals surface area contributed by atoms with Gasteiger partial charge in [-0.3, -0.25) is 4.79 Å². The van der Waals surface area contributed by atoms with E-state index in [1.54, 1.807) is 33.4 Å². The summed E-state index contributed by atoms with van der Waals surface area (Å²) in [5.74, 6) is 1.03. The van der Waals surface area contributed by atoms with E-state index >= 15 is 0 Å². The first-order valence-corrected chi connectivity index (χ1v) is 11.2. The van der Waals surface area contributed by atoms with Crippen LogP contribution in [0.15, 0.2) is 65.8 Å². The monoisotopic (exact) mass is 442 g/mol. The van der Waals surface area contributed by atoms with Crippen molar-refractivity contribution in [1.82, 2.24) is 19.6 Å². The average Bonchev–Trinajstić information content (AvgIpc) is 3.16. The molecule has 0 bridgehead atoms. The van der Waals surface area contributed by atoms with Gasteiger partial charge in [0.1, 0.15) is 17.6 Å². The van der Waals surface area contributed by atoms with Crippen LogP contribution in [0.3, 0.4) is 0 Å². The number of aryl methyl sites for hydroxylation is 1. The number of hydrogen-bond donors (Lipinski definition) is 2. The number of carbonyl (C=O) groups is 1. The number of benzene rings is 2. The predicted molar refractivity (Wildman–Crippen MR) is 117 cm³/mol. The lowest BCUT2D eigenvalue weighted by atomic mass is 10.0. The number of hydrogen-bond acceptors (Lipinski definition) is 5. The maximum atomic E-state index is 13.0. The second-order valence-corrected chi connectivity index (χ2v) is 9.09. The van der Waals surface area contributed by atoms with Gasteiger partial charge in [-0.1, -0.05) is 12.1 Å². The minimum Gasteiger partial charge on any atom is -0.497 e. The second kappa shape index (κ2) is 9.32. The minimum atomic E-state index is -3.62. The van der Waals surface area contributed by atoms with Gasteiger partial charge in [0, 0.05) is 31.0 Å². The number of methoxy groups -OCH3 is 1. The van der Waals surface area contributed by atoms with E-state index in [1.165, 1.54) is 24.3 Å². The number of carbonyl (C=O) groups excluding carboxylic acids is 1. The number of rotatable bonds is 8. The fourth-order valence-corrected chi connectivity index (χ4v) is 4.38. The molecule has 1 unspecified atom stereocenters. The molecule has 0 fully saturated rings. The zero-order chi connectivity index (χ0) is 22.6. The highest BCUT2D eigenvalue weighted by Gasteiger charge is 2.22. The molecule has 1 aromatic heterocycles. The third-order valence-corrected chi connectivity index (χ3v) is 6.33. The predicted octanol–water partition coefficient (Wildman–Crippen LogP) is 2.63. The fourth-order valence-electron chi connectivity index (χ4n) is 3.13. The second-order valence-electron chi connectivity index (χ2n) is 7.38. The number of ether oxygens (including phenoxy) is 1. The van der Waals surface area contributed by atoms with E-state index in [0.29, 0.717) is 17.1 Å². The highest BCUT2D eigenvalue weighted by atomic mass is 32.2. The summed E-state index contributed by atoms with van der Waals surface area (Å²) in [4.78, 5) is 17.4. The summed E-state index contributed by atoms with van der Waals surface area (Å²) in [6.07, 6.45) is 3.47. The lowest BCUT2D eigenvalue weighted by Crippen LogP contribution is -2.31. The molecule has 2 aromatic carbocycles. The maximum Gasteiger partial charge on any atom is 0.252 e. The molecule has 1 heterocycles. The molecule has 0 saturated heterocycles. The summed E-state index contributed by atoms with van der Waals surface area (Å²) >= 11 is 0. The molecular formula is C22H26N4O4S. The maximum absolute atomic E-state index is 13.0. The molecule has 9 heteroatoms. The van der Waals surface area contributed by atoms with Gasteiger partial charge >= 0.3 is 0 Å². The van der Waals surface area contributed by atoms with Crippen molar-refractivity contribution >= 4 is 15.9 Å². The summed E-state index contributed by atoms with van der Waals surface area (Å²) in [5, 5.41) is 2.99. The van der Waals surface area contributed by atoms with Crippen LogP contribution in [0.5, 0.6) is 5.75 Å². The molecule has 3 rings (SSSR count). The molecule has 1 amide bonds. The first-order valence-electron chi connectivity index (χ1n) is 9.75. The summed E-state index contributed by atoms with van der Waals surface area (Å²) in [6.45, 7) is 3.49. The van der Waals surface area contributed by atoms with Crippen molar-refractivity contribution in [3.05, 3.63) is 77.9 Å². The van der Waals surface area contributed by atoms with Crippen LogP contribution in [0.25, 0.3) is 0 Å². The molecule has 164 valence electrons. The molecule has 0 aliphatic heterocycles. The molecule has 2 N–H and O–H groups in total. The van der Waals surface area contributed by atoms with Gasteiger partial charge in [0.05, 0.1) is 12.0 Å². The van der Waals surface area contributed by atoms with Crippen molar-refractivity contribution in [2.75, 3.05) is 7.11 Å². The number of amides is 1. The van der Waals surface area contributed by atoms with Gasteiger partial charge < -0.3 is 14.6 Å². The Balaban J connectivity index is 1.86. The van der Waals surface area contributed by atoms with E-state index in [0.717, 1.165) is 5.56 Å². The number of nitrogens with zero attached hydrogens (tertiary/aromatic N) is 2. The average molecular weight is 443 g/mol. The van der Waals surface area contributed by atoms with Crippen LogP contribution in [-0.4, -0.2) is 37.0 Å². The van der Waals surface area contributed by atoms with E-state index in [2.05, 4.69) is 15.0 Å². The zero-order valence-electron chi connectivity index (χ0n) is 17.9. The van der Waals surface area contributed by atoms with Crippen LogP contribution >= 0.6 is 0 Å². The molecule has 0 saturated carbocycles. The number of sulfonamides is 1. The van der Waals surface area contributed by atoms with E-state index in [1.807, 2.05) is 35.9 Å². The number of aromatic nitrogens is 2. The summed E-state index contributed by atoms with van der Waals surface area (Å²) in [7, 11) is -0.178. The van der Waals surface area contributed by atoms with Crippen molar-refractivity contribution in [2.24, 2.45) is 7.05 Å². The third kappa shape index (κ3) is 5.31. The number of nitrogens with one attached hydrogen (secondary N) is 2. The van der Waals surface area contributed by atoms with Gasteiger partial charge in [-0.05, 0) is 55.8 Å². The highest BCUT2D eigenvalue weighted by Crippen LogP contribution is 2.23. The molecule has 0 radical (unpaired) electrons. The van der Waals surface area contributed by atoms with Crippen molar-refractivity contribution in [2.45, 2.75) is 30.8 Å². The molecule has 0 spiro atoms. The molecule has 0 aliphatic rings. The summed E-state index contributed by atoms with van der Waals surface area (Å²) in [6, 6.07) is 12.5. The van der Waals surface area contributed by atoms with E-state index < -0.39 is 16.1 Å². The van der Waals surface area contributed by atoms with Crippen LogP contribution in [0.2, 0.25) is 0 Å². The van der Waals surface area contributed by atoms with Gasteiger partial charge in [-0.15, -0.1) is 0 Å². The quantitative estimate of drug-likeness (QED) is 0.558. The van der Waals surface area contributed by atoms with E-state index in [9.17, 15) is 13.2 Å². The highest BCUT2D eigenvalue weighted by molar-refractivity contribution is 7.89. The Morgan fingerprint density at radius 3 is 2.23 bits per heavy atom. The smallest absolute Gasteiger partial charge is 0.252 e. The minimum absolute atomic E-state index is 0.105. The van der Waals surface area contributed by atoms with E-state index in [-0.39, 0.29) is 16.8 Å². The molecular weight excluding hydrogens is 416 g/mol. The lowest BCUT2D eigenvalue weighted by molar-refractivity contribution is 0.0941. The third-order valence-electron chi connectivity index (χ3n) is 4.66. The van der Waals surface area contributed by atoms with E-state index in [4.69, 9.17) is 4.74 Å². The first kappa shape index (κ1) is 22.5. The zero-order valence-corrected chi connectivity index (χ0v) is 18.7. The topological polar surface area (TPSA) is 102 Å². The standard InChI is InChI=1S/C22H26N4O4S/c1-15(2)25-31(28,29)19-11-7-17(8-12-19)22(27)24-20(21-23-13-14-26(21)3)16-5-9-18(30-4)10-6-16/h5-15,20,25H,1-4H3,(H,24,27). The van der Waals surface area contributed by atoms with Crippen molar-refractivity contribution in [1.29, 1.82) is 0 Å². The Morgan fingerprint density at radius 2 is 1.71 bits per heavy atom. The van der Waals surface area contributed by atoms with Gasteiger partial charge in [0.2, 0.25) is 10.0 Å². The molecule has 1 atom stereocenters. The molecule has 8 nitrogen and oxygen atoms in total. The first-order chi connectivity index (χ1) is 14.7. The Hall–Kier alpha value is -3.17. The van der Waals surface area contributed by atoms with Crippen molar-refractivity contribution in [3.8, 4) is 5.75 Å². The lowest BCUT2D eigenvalue weighted by Gasteiger charge is -2.19. The molecule has 0 aliphatic carbocycles. The van der Waals surface area contributed by atoms with Crippen molar-refractivity contribution in [3.63, 3.8) is 0 Å². The van der Waals surface area contributed by atoms with Crippen LogP contribution in [0, 0.1) is 0 Å². The van der Waals surface area contributed by atoms with Gasteiger partial charge in [0.15, 0.2) is 0 Å². The SMILES string of the molecule is COc1ccc(C(NC(=O)c2ccc(S(=O)(=O)NC(C)C)cc2)c2nccn2C)cc1. The molecule has 31 heavy (non-hydrogen) atoms.